The van der Waals surface area contributed by atoms with Crippen molar-refractivity contribution < 1.29 is 4.79 Å². The molecule has 0 saturated carbocycles. The summed E-state index contributed by atoms with van der Waals surface area (Å²) < 4.78 is 0. The summed E-state index contributed by atoms with van der Waals surface area (Å²) in [6.45, 7) is 2.02. The lowest BCUT2D eigenvalue weighted by Crippen LogP contribution is -2.38. The van der Waals surface area contributed by atoms with Gasteiger partial charge in [0.05, 0.1) is 11.4 Å². The van der Waals surface area contributed by atoms with E-state index in [1.54, 1.807) is 12.3 Å². The molecule has 0 bridgehead atoms. The number of nitrogens with two attached hydrogens (primary N) is 1. The predicted molar refractivity (Wildman–Crippen MR) is 198 cm³/mol. The topological polar surface area (TPSA) is 96.2 Å². The van der Waals surface area contributed by atoms with E-state index in [1.165, 1.54) is 6.08 Å². The minimum absolute atomic E-state index is 0.240. The van der Waals surface area contributed by atoms with Crippen LogP contribution in [0.3, 0.4) is 0 Å². The number of nitrogens with one attached hydrogen (secondary N) is 2. The Morgan fingerprint density at radius 1 is 0.750 bits per heavy atom. The van der Waals surface area contributed by atoms with E-state index in [0.29, 0.717) is 17.2 Å². The molecule has 4 N–H and O–H groups in total. The van der Waals surface area contributed by atoms with Crippen LogP contribution in [0, 0.1) is 6.92 Å². The molecular formula is C41H38N6O. The third kappa shape index (κ3) is 6.95. The Bertz CT molecular complexity index is 1930. The Balaban J connectivity index is 1.29. The highest BCUT2D eigenvalue weighted by Crippen LogP contribution is 2.40. The maximum Gasteiger partial charge on any atom is 0.248 e. The second kappa shape index (κ2) is 14.1. The fraction of sp³-hybridized carbons (Fsp3) is 0.0976. The number of pyridine rings is 2. The summed E-state index contributed by atoms with van der Waals surface area (Å²) in [5, 5.41) is 6.70. The first kappa shape index (κ1) is 31.8. The Kier molecular flexibility index (Phi) is 9.30. The van der Waals surface area contributed by atoms with Crippen molar-refractivity contribution >= 4 is 35.0 Å². The van der Waals surface area contributed by atoms with Gasteiger partial charge in [-0.3, -0.25) is 4.79 Å². The molecule has 4 aromatic carbocycles. The van der Waals surface area contributed by atoms with E-state index in [-0.39, 0.29) is 11.7 Å². The zero-order chi connectivity index (χ0) is 33.5. The standard InChI is InChI=1S/C41H38N6O/c1-29-25-35(21-24-39(48)45-37-27-31(28-43-40(37)42)30-19-22-36(23-20-30)47(2)3)44-38(26-29)46-41(32-13-7-4-8-14-32,33-15-9-5-10-16-33)34-17-11-6-12-18-34/h4-28H,1-3H3,(H2,42,43)(H,44,46)(H,45,48)/b24-21-. The highest BCUT2D eigenvalue weighted by Gasteiger charge is 2.36. The summed E-state index contributed by atoms with van der Waals surface area (Å²) in [4.78, 5) is 24.4. The second-order valence-corrected chi connectivity index (χ2v) is 11.8. The van der Waals surface area contributed by atoms with Crippen molar-refractivity contribution in [2.75, 3.05) is 35.4 Å². The number of amides is 1. The van der Waals surface area contributed by atoms with Crippen molar-refractivity contribution in [3.63, 3.8) is 0 Å². The number of rotatable bonds is 10. The summed E-state index contributed by atoms with van der Waals surface area (Å²) in [5.41, 5.74) is 13.6. The fourth-order valence-corrected chi connectivity index (χ4v) is 5.84. The molecule has 2 heterocycles. The van der Waals surface area contributed by atoms with Crippen molar-refractivity contribution in [2.45, 2.75) is 12.5 Å². The molecular weight excluding hydrogens is 592 g/mol. The van der Waals surface area contributed by atoms with Gasteiger partial charge < -0.3 is 21.3 Å². The van der Waals surface area contributed by atoms with Gasteiger partial charge in [-0.1, -0.05) is 103 Å². The average molecular weight is 631 g/mol. The number of nitrogens with zero attached hydrogens (tertiary/aromatic N) is 3. The minimum Gasteiger partial charge on any atom is -0.382 e. The van der Waals surface area contributed by atoms with E-state index in [4.69, 9.17) is 10.7 Å². The zero-order valence-electron chi connectivity index (χ0n) is 27.3. The molecule has 1 amide bonds. The monoisotopic (exact) mass is 630 g/mol. The lowest BCUT2D eigenvalue weighted by atomic mass is 9.77. The lowest BCUT2D eigenvalue weighted by Gasteiger charge is -2.37. The quantitative estimate of drug-likeness (QED) is 0.104. The van der Waals surface area contributed by atoms with Gasteiger partial charge in [-0.05, 0) is 71.1 Å². The number of carbonyl (C=O) groups is 1. The first-order valence-corrected chi connectivity index (χ1v) is 15.8. The molecule has 0 aliphatic carbocycles. The third-order valence-electron chi connectivity index (χ3n) is 8.22. The Hall–Kier alpha value is -6.21. The largest absolute Gasteiger partial charge is 0.382 e. The zero-order valence-corrected chi connectivity index (χ0v) is 27.3. The summed E-state index contributed by atoms with van der Waals surface area (Å²) in [5.74, 6) is 0.575. The van der Waals surface area contributed by atoms with Crippen molar-refractivity contribution in [1.82, 2.24) is 9.97 Å². The fourth-order valence-electron chi connectivity index (χ4n) is 5.84. The van der Waals surface area contributed by atoms with Gasteiger partial charge in [-0.25, -0.2) is 9.97 Å². The van der Waals surface area contributed by atoms with Gasteiger partial charge in [0.2, 0.25) is 5.91 Å². The molecule has 7 nitrogen and oxygen atoms in total. The van der Waals surface area contributed by atoms with Gasteiger partial charge >= 0.3 is 0 Å². The summed E-state index contributed by atoms with van der Waals surface area (Å²) in [6, 6.07) is 45.0. The highest BCUT2D eigenvalue weighted by molar-refractivity contribution is 6.03. The first-order chi connectivity index (χ1) is 23.3. The van der Waals surface area contributed by atoms with Gasteiger partial charge in [-0.2, -0.15) is 0 Å². The SMILES string of the molecule is Cc1cc(/C=C\C(=O)Nc2cc(-c3ccc(N(C)C)cc3)cnc2N)nc(NC(c2ccccc2)(c2ccccc2)c2ccccc2)c1. The van der Waals surface area contributed by atoms with Crippen LogP contribution in [0.25, 0.3) is 17.2 Å². The van der Waals surface area contributed by atoms with Gasteiger partial charge in [0.25, 0.3) is 0 Å². The third-order valence-corrected chi connectivity index (χ3v) is 8.22. The molecule has 0 unspecified atom stereocenters. The van der Waals surface area contributed by atoms with Crippen LogP contribution in [0.4, 0.5) is 23.0 Å². The van der Waals surface area contributed by atoms with Crippen LogP contribution in [0.15, 0.2) is 146 Å². The number of hydrogen-bond acceptors (Lipinski definition) is 6. The van der Waals surface area contributed by atoms with E-state index in [0.717, 1.165) is 39.1 Å². The predicted octanol–water partition coefficient (Wildman–Crippen LogP) is 8.16. The minimum atomic E-state index is -0.731. The number of hydrogen-bond donors (Lipinski definition) is 3. The van der Waals surface area contributed by atoms with Crippen LogP contribution >= 0.6 is 0 Å². The van der Waals surface area contributed by atoms with Crippen LogP contribution in [0.1, 0.15) is 27.9 Å². The number of aromatic nitrogens is 2. The van der Waals surface area contributed by atoms with Crippen molar-refractivity contribution in [3.8, 4) is 11.1 Å². The van der Waals surface area contributed by atoms with Crippen LogP contribution < -0.4 is 21.3 Å². The molecule has 6 rings (SSSR count). The molecule has 0 saturated heterocycles. The van der Waals surface area contributed by atoms with Crippen molar-refractivity contribution in [2.24, 2.45) is 0 Å². The highest BCUT2D eigenvalue weighted by atomic mass is 16.1. The van der Waals surface area contributed by atoms with E-state index >= 15 is 0 Å². The van der Waals surface area contributed by atoms with Crippen LogP contribution in [0.2, 0.25) is 0 Å². The summed E-state index contributed by atoms with van der Waals surface area (Å²) >= 11 is 0. The number of carbonyl (C=O) groups excluding carboxylic acids is 1. The Labute approximate surface area is 281 Å². The van der Waals surface area contributed by atoms with Crippen molar-refractivity contribution in [1.29, 1.82) is 0 Å². The van der Waals surface area contributed by atoms with Crippen LogP contribution in [-0.4, -0.2) is 30.0 Å². The smallest absolute Gasteiger partial charge is 0.248 e. The van der Waals surface area contributed by atoms with E-state index in [9.17, 15) is 4.79 Å². The van der Waals surface area contributed by atoms with Crippen LogP contribution in [0.5, 0.6) is 0 Å². The molecule has 48 heavy (non-hydrogen) atoms. The van der Waals surface area contributed by atoms with E-state index in [1.807, 2.05) is 123 Å². The lowest BCUT2D eigenvalue weighted by molar-refractivity contribution is -0.111. The Morgan fingerprint density at radius 2 is 1.31 bits per heavy atom. The molecule has 238 valence electrons. The van der Waals surface area contributed by atoms with Gasteiger partial charge in [0.15, 0.2) is 0 Å². The van der Waals surface area contributed by atoms with E-state index in [2.05, 4.69) is 52.0 Å². The molecule has 0 aliphatic rings. The number of benzene rings is 4. The summed E-state index contributed by atoms with van der Waals surface area (Å²) in [7, 11) is 4.00. The first-order valence-electron chi connectivity index (χ1n) is 15.8. The maximum atomic E-state index is 13.1. The molecule has 0 atom stereocenters. The molecule has 6 aromatic rings. The second-order valence-electron chi connectivity index (χ2n) is 11.8. The van der Waals surface area contributed by atoms with E-state index < -0.39 is 5.54 Å². The van der Waals surface area contributed by atoms with Crippen LogP contribution in [-0.2, 0) is 10.3 Å². The average Bonchev–Trinajstić information content (AvgIpc) is 3.11. The molecule has 7 heteroatoms. The normalized spacial score (nSPS) is 11.3. The molecule has 0 spiro atoms. The molecule has 2 aromatic heterocycles. The number of aryl methyl sites for hydroxylation is 1. The molecule has 0 aliphatic heterocycles. The summed E-state index contributed by atoms with van der Waals surface area (Å²) in [6.07, 6.45) is 4.87. The van der Waals surface area contributed by atoms with Gasteiger partial charge in [0.1, 0.15) is 17.2 Å². The molecule has 0 fully saturated rings. The maximum absolute atomic E-state index is 13.1. The number of nitrogen functional groups attached to an aromatic ring is 1. The van der Waals surface area contributed by atoms with Gasteiger partial charge in [0, 0.05) is 37.6 Å². The molecule has 0 radical (unpaired) electrons. The van der Waals surface area contributed by atoms with Gasteiger partial charge in [-0.15, -0.1) is 0 Å². The number of anilines is 4. The Morgan fingerprint density at radius 3 is 1.85 bits per heavy atom. The van der Waals surface area contributed by atoms with Crippen molar-refractivity contribution in [3.05, 3.63) is 174 Å².